The van der Waals surface area contributed by atoms with Crippen LogP contribution in [-0.2, 0) is 4.74 Å². The third-order valence-electron chi connectivity index (χ3n) is 4.22. The van der Waals surface area contributed by atoms with E-state index in [0.29, 0.717) is 0 Å². The molecule has 25 heavy (non-hydrogen) atoms. The lowest BCUT2D eigenvalue weighted by atomic mass is 10.1. The molecule has 1 aliphatic heterocycles. The first-order chi connectivity index (χ1) is 11.8. The van der Waals surface area contributed by atoms with E-state index in [1.165, 1.54) is 23.9 Å². The maximum Gasteiger partial charge on any atom is 0.435 e. The van der Waals surface area contributed by atoms with Crippen LogP contribution in [-0.4, -0.2) is 34.6 Å². The molecule has 0 saturated carbocycles. The lowest BCUT2D eigenvalue weighted by molar-refractivity contribution is 0.0514. The summed E-state index contributed by atoms with van der Waals surface area (Å²) in [7, 11) is 0. The van der Waals surface area contributed by atoms with Gasteiger partial charge in [0.25, 0.3) is 0 Å². The summed E-state index contributed by atoms with van der Waals surface area (Å²) < 4.78 is 6.54. The molecule has 0 bridgehead atoms. The molecule has 1 fully saturated rings. The quantitative estimate of drug-likeness (QED) is 0.838. The Kier molecular flexibility index (Phi) is 4.70. The lowest BCUT2D eigenvalue weighted by Gasteiger charge is -2.30. The van der Waals surface area contributed by atoms with Crippen molar-refractivity contribution in [3.05, 3.63) is 30.6 Å². The van der Waals surface area contributed by atoms with E-state index in [1.54, 1.807) is 12.4 Å². The molecule has 2 aromatic rings. The summed E-state index contributed by atoms with van der Waals surface area (Å²) in [4.78, 5) is 14.4. The van der Waals surface area contributed by atoms with Crippen molar-refractivity contribution in [2.45, 2.75) is 45.6 Å². The Morgan fingerprint density at radius 2 is 1.88 bits per heavy atom. The van der Waals surface area contributed by atoms with Crippen LogP contribution in [0, 0.1) is 0 Å². The maximum atomic E-state index is 12.1. The molecule has 0 unspecified atom stereocenters. The minimum Gasteiger partial charge on any atom is -0.442 e. The normalized spacial score (nSPS) is 15.2. The van der Waals surface area contributed by atoms with Crippen molar-refractivity contribution in [3.63, 3.8) is 0 Å². The van der Waals surface area contributed by atoms with Gasteiger partial charge in [-0.05, 0) is 57.7 Å². The monoisotopic (exact) mass is 342 g/mol. The number of nitrogens with two attached hydrogens (primary N) is 1. The van der Waals surface area contributed by atoms with E-state index in [2.05, 4.69) is 16.1 Å². The highest BCUT2D eigenvalue weighted by atomic mass is 16.6. The highest BCUT2D eigenvalue weighted by Gasteiger charge is 2.19. The fraction of sp³-hybridized carbons (Fsp3) is 0.474. The van der Waals surface area contributed by atoms with Crippen LogP contribution in [0.3, 0.4) is 0 Å². The van der Waals surface area contributed by atoms with Crippen LogP contribution in [0.2, 0.25) is 0 Å². The molecule has 1 aromatic carbocycles. The molecule has 0 aliphatic carbocycles. The van der Waals surface area contributed by atoms with E-state index >= 15 is 0 Å². The molecule has 1 aliphatic rings. The molecule has 6 nitrogen and oxygen atoms in total. The van der Waals surface area contributed by atoms with E-state index in [1.807, 2.05) is 32.9 Å². The number of nitrogen functional groups attached to an aromatic ring is 1. The van der Waals surface area contributed by atoms with Crippen molar-refractivity contribution >= 4 is 17.5 Å². The summed E-state index contributed by atoms with van der Waals surface area (Å²) in [5.74, 6) is 0. The average molecular weight is 342 g/mol. The highest BCUT2D eigenvalue weighted by molar-refractivity contribution is 5.78. The lowest BCUT2D eigenvalue weighted by Crippen LogP contribution is -2.29. The molecule has 2 heterocycles. The molecule has 3 rings (SSSR count). The van der Waals surface area contributed by atoms with Gasteiger partial charge in [0, 0.05) is 24.8 Å². The molecule has 0 radical (unpaired) electrons. The first kappa shape index (κ1) is 17.3. The molecule has 134 valence electrons. The van der Waals surface area contributed by atoms with Gasteiger partial charge in [-0.15, -0.1) is 0 Å². The fourth-order valence-corrected chi connectivity index (χ4v) is 3.04. The fourth-order valence-electron chi connectivity index (χ4n) is 3.04. The summed E-state index contributed by atoms with van der Waals surface area (Å²) in [6.45, 7) is 7.60. The van der Waals surface area contributed by atoms with Gasteiger partial charge in [-0.25, -0.2) is 4.79 Å². The molecule has 0 spiro atoms. The molecule has 1 saturated heterocycles. The van der Waals surface area contributed by atoms with E-state index in [4.69, 9.17) is 10.5 Å². The average Bonchev–Trinajstić information content (AvgIpc) is 3.04. The molecular weight excluding hydrogens is 316 g/mol. The molecule has 2 N–H and O–H groups in total. The highest BCUT2D eigenvalue weighted by Crippen LogP contribution is 2.31. The van der Waals surface area contributed by atoms with E-state index < -0.39 is 11.7 Å². The number of carbonyl (C=O) groups is 1. The minimum atomic E-state index is -0.552. The van der Waals surface area contributed by atoms with Crippen molar-refractivity contribution in [1.29, 1.82) is 0 Å². The van der Waals surface area contributed by atoms with Crippen LogP contribution in [0.25, 0.3) is 11.1 Å². The largest absolute Gasteiger partial charge is 0.442 e. The van der Waals surface area contributed by atoms with Gasteiger partial charge in [-0.3, -0.25) is 0 Å². The second-order valence-electron chi connectivity index (χ2n) is 7.48. The number of benzene rings is 1. The van der Waals surface area contributed by atoms with Crippen molar-refractivity contribution in [1.82, 2.24) is 9.78 Å². The number of piperidine rings is 1. The van der Waals surface area contributed by atoms with E-state index in [9.17, 15) is 4.79 Å². The molecule has 0 amide bonds. The first-order valence-electron chi connectivity index (χ1n) is 8.76. The van der Waals surface area contributed by atoms with Crippen molar-refractivity contribution in [3.8, 4) is 11.1 Å². The van der Waals surface area contributed by atoms with Gasteiger partial charge in [0.1, 0.15) is 5.60 Å². The van der Waals surface area contributed by atoms with Gasteiger partial charge in [0.05, 0.1) is 17.6 Å². The Labute approximate surface area is 148 Å². The Morgan fingerprint density at radius 3 is 2.52 bits per heavy atom. The van der Waals surface area contributed by atoms with Crippen LogP contribution < -0.4 is 10.6 Å². The Hall–Kier alpha value is -2.50. The van der Waals surface area contributed by atoms with Crippen molar-refractivity contribution < 1.29 is 9.53 Å². The van der Waals surface area contributed by atoms with Gasteiger partial charge >= 0.3 is 6.09 Å². The second-order valence-corrected chi connectivity index (χ2v) is 7.48. The molecular formula is C19H26N4O2. The topological polar surface area (TPSA) is 73.4 Å². The van der Waals surface area contributed by atoms with Crippen LogP contribution in [0.1, 0.15) is 40.0 Å². The Morgan fingerprint density at radius 1 is 1.16 bits per heavy atom. The molecule has 6 heteroatoms. The van der Waals surface area contributed by atoms with Crippen LogP contribution >= 0.6 is 0 Å². The SMILES string of the molecule is CC(C)(C)OC(=O)n1cc(-c2ccc(N3CCCCC3)c(N)c2)cn1. The third-order valence-corrected chi connectivity index (χ3v) is 4.22. The maximum absolute atomic E-state index is 12.1. The number of ether oxygens (including phenoxy) is 1. The molecule has 1 aromatic heterocycles. The summed E-state index contributed by atoms with van der Waals surface area (Å²) in [6, 6.07) is 6.03. The number of hydrogen-bond acceptors (Lipinski definition) is 5. The zero-order valence-corrected chi connectivity index (χ0v) is 15.2. The number of hydrogen-bond donors (Lipinski definition) is 1. The summed E-state index contributed by atoms with van der Waals surface area (Å²) in [5.41, 5.74) is 9.34. The number of carbonyl (C=O) groups excluding carboxylic acids is 1. The standard InChI is InChI=1S/C19H26N4O2/c1-19(2,3)25-18(24)23-13-15(12-21-23)14-7-8-17(16(20)11-14)22-9-5-4-6-10-22/h7-8,11-13H,4-6,9-10,20H2,1-3H3. The predicted molar refractivity (Wildman–Crippen MR) is 99.8 cm³/mol. The number of anilines is 2. The van der Waals surface area contributed by atoms with Crippen LogP contribution in [0.4, 0.5) is 16.2 Å². The first-order valence-corrected chi connectivity index (χ1v) is 8.76. The zero-order valence-electron chi connectivity index (χ0n) is 15.2. The molecule has 0 atom stereocenters. The smallest absolute Gasteiger partial charge is 0.435 e. The van der Waals surface area contributed by atoms with Gasteiger partial charge in [0.15, 0.2) is 0 Å². The van der Waals surface area contributed by atoms with E-state index in [-0.39, 0.29) is 0 Å². The van der Waals surface area contributed by atoms with Gasteiger partial charge in [0.2, 0.25) is 0 Å². The zero-order chi connectivity index (χ0) is 18.0. The number of aromatic nitrogens is 2. The van der Waals surface area contributed by atoms with Crippen molar-refractivity contribution in [2.24, 2.45) is 0 Å². The predicted octanol–water partition coefficient (Wildman–Crippen LogP) is 3.91. The van der Waals surface area contributed by atoms with Crippen LogP contribution in [0.15, 0.2) is 30.6 Å². The summed E-state index contributed by atoms with van der Waals surface area (Å²) >= 11 is 0. The van der Waals surface area contributed by atoms with Crippen molar-refractivity contribution in [2.75, 3.05) is 23.7 Å². The van der Waals surface area contributed by atoms with E-state index in [0.717, 1.165) is 35.6 Å². The van der Waals surface area contributed by atoms with Gasteiger partial charge in [-0.2, -0.15) is 9.78 Å². The summed E-state index contributed by atoms with van der Waals surface area (Å²) in [5, 5.41) is 4.11. The Balaban J connectivity index is 1.78. The van der Waals surface area contributed by atoms with Gasteiger partial charge < -0.3 is 15.4 Å². The minimum absolute atomic E-state index is 0.489. The third kappa shape index (κ3) is 4.13. The Bertz CT molecular complexity index is 755. The summed E-state index contributed by atoms with van der Waals surface area (Å²) in [6.07, 6.45) is 6.55. The van der Waals surface area contributed by atoms with Gasteiger partial charge in [-0.1, -0.05) is 6.07 Å². The second kappa shape index (κ2) is 6.78. The number of nitrogens with zero attached hydrogens (tertiary/aromatic N) is 3. The van der Waals surface area contributed by atoms with Crippen LogP contribution in [0.5, 0.6) is 0 Å². The number of rotatable bonds is 2.